The van der Waals surface area contributed by atoms with E-state index in [0.717, 1.165) is 25.7 Å². The lowest BCUT2D eigenvalue weighted by Crippen LogP contribution is -2.48. The molecule has 4 nitrogen and oxygen atoms in total. The highest BCUT2D eigenvalue weighted by atomic mass is 32.1. The van der Waals surface area contributed by atoms with Crippen molar-refractivity contribution in [2.45, 2.75) is 200 Å². The maximum absolute atomic E-state index is 12.5. The Morgan fingerprint density at radius 1 is 0.548 bits per heavy atom. The second kappa shape index (κ2) is 34.5. The molecule has 0 aliphatic carbocycles. The molecule has 0 spiro atoms. The molecule has 2 amide bonds. The van der Waals surface area contributed by atoms with E-state index in [-0.39, 0.29) is 11.8 Å². The van der Waals surface area contributed by atoms with Crippen molar-refractivity contribution in [1.82, 2.24) is 10.6 Å². The van der Waals surface area contributed by atoms with Crippen molar-refractivity contribution >= 4 is 24.4 Å². The number of amides is 2. The summed E-state index contributed by atoms with van der Waals surface area (Å²) in [4.78, 5) is 24.8. The van der Waals surface area contributed by atoms with E-state index in [4.69, 9.17) is 0 Å². The number of carbonyl (C=O) groups is 2. The molecule has 2 N–H and O–H groups in total. The van der Waals surface area contributed by atoms with Crippen molar-refractivity contribution in [3.63, 3.8) is 0 Å². The highest BCUT2D eigenvalue weighted by molar-refractivity contribution is 7.80. The monoisotopic (exact) mass is 609 g/mol. The van der Waals surface area contributed by atoms with Crippen LogP contribution in [0.2, 0.25) is 0 Å². The first-order chi connectivity index (χ1) is 20.7. The summed E-state index contributed by atoms with van der Waals surface area (Å²) >= 11 is 4.30. The summed E-state index contributed by atoms with van der Waals surface area (Å²) in [6, 6.07) is -0.532. The molecule has 5 heteroatoms. The molecule has 42 heavy (non-hydrogen) atoms. The number of hydrogen-bond donors (Lipinski definition) is 3. The Morgan fingerprint density at radius 3 is 1.36 bits per heavy atom. The molecule has 0 bridgehead atoms. The number of unbranched alkanes of at least 4 members (excludes halogenated alkanes) is 24. The van der Waals surface area contributed by atoms with Gasteiger partial charge < -0.3 is 10.6 Å². The maximum atomic E-state index is 12.5. The molecular weight excluding hydrogens is 536 g/mol. The predicted octanol–water partition coefficient (Wildman–Crippen LogP) is 11.0. The summed E-state index contributed by atoms with van der Waals surface area (Å²) in [7, 11) is 0. The Balaban J connectivity index is 3.56. The van der Waals surface area contributed by atoms with E-state index in [2.05, 4.69) is 49.3 Å². The summed E-state index contributed by atoms with van der Waals surface area (Å²) in [5, 5.41) is 5.88. The second-order valence-corrected chi connectivity index (χ2v) is 12.9. The molecule has 0 aromatic heterocycles. The molecule has 248 valence electrons. The molecule has 0 saturated carbocycles. The van der Waals surface area contributed by atoms with Crippen molar-refractivity contribution in [1.29, 1.82) is 0 Å². The molecule has 0 fully saturated rings. The molecule has 1 atom stereocenters. The minimum absolute atomic E-state index is 0.0293. The van der Waals surface area contributed by atoms with Crippen molar-refractivity contribution < 1.29 is 9.59 Å². The Morgan fingerprint density at radius 2 is 0.929 bits per heavy atom. The smallest absolute Gasteiger partial charge is 0.243 e. The zero-order chi connectivity index (χ0) is 30.8. The van der Waals surface area contributed by atoms with E-state index < -0.39 is 6.04 Å². The van der Waals surface area contributed by atoms with Crippen LogP contribution in [0.3, 0.4) is 0 Å². The van der Waals surface area contributed by atoms with E-state index in [9.17, 15) is 9.59 Å². The quantitative estimate of drug-likeness (QED) is 0.0394. The highest BCUT2D eigenvalue weighted by Gasteiger charge is 2.18. The average Bonchev–Trinajstić information content (AvgIpc) is 2.99. The van der Waals surface area contributed by atoms with Gasteiger partial charge in [0.15, 0.2) is 0 Å². The van der Waals surface area contributed by atoms with Crippen LogP contribution in [0.1, 0.15) is 194 Å². The minimum Gasteiger partial charge on any atom is -0.354 e. The number of rotatable bonds is 33. The average molecular weight is 609 g/mol. The minimum atomic E-state index is -0.532. The summed E-state index contributed by atoms with van der Waals surface area (Å²) in [5.41, 5.74) is 0. The van der Waals surface area contributed by atoms with Gasteiger partial charge in [0.1, 0.15) is 6.04 Å². The fraction of sp³-hybridized carbons (Fsp3) is 0.892. The third kappa shape index (κ3) is 30.5. The lowest BCUT2D eigenvalue weighted by atomic mass is 10.0. The van der Waals surface area contributed by atoms with Crippen molar-refractivity contribution in [3.8, 4) is 0 Å². The molecule has 0 radical (unpaired) electrons. The lowest BCUT2D eigenvalue weighted by molar-refractivity contribution is -0.128. The Kier molecular flexibility index (Phi) is 33.7. The first-order valence-electron chi connectivity index (χ1n) is 18.5. The number of hydrogen-bond acceptors (Lipinski definition) is 3. The maximum Gasteiger partial charge on any atom is 0.243 e. The number of allylic oxidation sites excluding steroid dienone is 2. The third-order valence-corrected chi connectivity index (χ3v) is 8.69. The topological polar surface area (TPSA) is 58.2 Å². The Bertz CT molecular complexity index is 611. The van der Waals surface area contributed by atoms with Gasteiger partial charge in [-0.2, -0.15) is 12.6 Å². The molecule has 1 unspecified atom stereocenters. The van der Waals surface area contributed by atoms with Gasteiger partial charge in [-0.1, -0.05) is 161 Å². The Labute approximate surface area is 268 Å². The van der Waals surface area contributed by atoms with E-state index >= 15 is 0 Å². The largest absolute Gasteiger partial charge is 0.354 e. The summed E-state index contributed by atoms with van der Waals surface area (Å²) in [5.74, 6) is 0.207. The number of thiol groups is 1. The van der Waals surface area contributed by atoms with Crippen LogP contribution in [-0.2, 0) is 9.59 Å². The van der Waals surface area contributed by atoms with Gasteiger partial charge in [0.2, 0.25) is 11.8 Å². The van der Waals surface area contributed by atoms with Crippen LogP contribution in [-0.4, -0.2) is 30.2 Å². The van der Waals surface area contributed by atoms with Gasteiger partial charge in [0.05, 0.1) is 0 Å². The number of nitrogens with one attached hydrogen (secondary N) is 2. The van der Waals surface area contributed by atoms with E-state index in [1.54, 1.807) is 0 Å². The van der Waals surface area contributed by atoms with Crippen LogP contribution in [0.15, 0.2) is 12.2 Å². The van der Waals surface area contributed by atoms with E-state index in [1.807, 2.05) is 0 Å². The molecule has 0 aromatic rings. The first-order valence-corrected chi connectivity index (χ1v) is 19.1. The van der Waals surface area contributed by atoms with Gasteiger partial charge in [0, 0.05) is 18.7 Å². The van der Waals surface area contributed by atoms with Crippen LogP contribution in [0, 0.1) is 0 Å². The third-order valence-electron chi connectivity index (χ3n) is 8.33. The van der Waals surface area contributed by atoms with Crippen LogP contribution in [0.25, 0.3) is 0 Å². The van der Waals surface area contributed by atoms with Gasteiger partial charge >= 0.3 is 0 Å². The SMILES string of the molecule is CCCCCCCCC=CCCCCCCCC(=O)NC(CS)C(=O)NCCCCCCCCCCCCCCCC. The van der Waals surface area contributed by atoms with Crippen molar-refractivity contribution in [3.05, 3.63) is 12.2 Å². The van der Waals surface area contributed by atoms with Gasteiger partial charge in [0.25, 0.3) is 0 Å². The molecule has 0 aromatic carbocycles. The molecule has 0 aliphatic rings. The fourth-order valence-corrected chi connectivity index (χ4v) is 5.73. The normalized spacial score (nSPS) is 12.2. The zero-order valence-electron chi connectivity index (χ0n) is 28.2. The van der Waals surface area contributed by atoms with Crippen LogP contribution < -0.4 is 10.6 Å². The molecule has 0 saturated heterocycles. The highest BCUT2D eigenvalue weighted by Crippen LogP contribution is 2.13. The Hall–Kier alpha value is -0.970. The molecule has 0 heterocycles. The summed E-state index contributed by atoms with van der Waals surface area (Å²) in [6.45, 7) is 5.23. The van der Waals surface area contributed by atoms with Crippen LogP contribution in [0.5, 0.6) is 0 Å². The van der Waals surface area contributed by atoms with Gasteiger partial charge in [-0.05, 0) is 38.5 Å². The van der Waals surface area contributed by atoms with Gasteiger partial charge in [-0.25, -0.2) is 0 Å². The van der Waals surface area contributed by atoms with Crippen LogP contribution in [0.4, 0.5) is 0 Å². The zero-order valence-corrected chi connectivity index (χ0v) is 29.1. The van der Waals surface area contributed by atoms with E-state index in [0.29, 0.717) is 18.7 Å². The molecule has 0 rings (SSSR count). The predicted molar refractivity (Wildman–Crippen MR) is 189 cm³/mol. The fourth-order valence-electron chi connectivity index (χ4n) is 5.47. The summed E-state index contributed by atoms with van der Waals surface area (Å²) < 4.78 is 0. The van der Waals surface area contributed by atoms with Crippen molar-refractivity contribution in [2.75, 3.05) is 12.3 Å². The standard InChI is InChI=1S/C37H72N2O2S/c1-3-5-7-9-11-13-15-17-19-20-22-24-26-28-30-32-36(40)39-35(34-42)37(41)38-33-31-29-27-25-23-21-18-16-14-12-10-8-6-4-2/h17,19,35,42H,3-16,18,20-34H2,1-2H3,(H,38,41)(H,39,40). The molecular formula is C37H72N2O2S. The molecule has 0 aliphatic heterocycles. The van der Waals surface area contributed by atoms with Gasteiger partial charge in [-0.15, -0.1) is 0 Å². The second-order valence-electron chi connectivity index (χ2n) is 12.5. The van der Waals surface area contributed by atoms with Crippen LogP contribution >= 0.6 is 12.6 Å². The lowest BCUT2D eigenvalue weighted by Gasteiger charge is -2.16. The first kappa shape index (κ1) is 41.0. The van der Waals surface area contributed by atoms with E-state index in [1.165, 1.54) is 148 Å². The van der Waals surface area contributed by atoms with Crippen molar-refractivity contribution in [2.24, 2.45) is 0 Å². The number of carbonyl (C=O) groups excluding carboxylic acids is 2. The summed E-state index contributed by atoms with van der Waals surface area (Å²) in [6.07, 6.45) is 40.0. The van der Waals surface area contributed by atoms with Gasteiger partial charge in [-0.3, -0.25) is 9.59 Å².